The van der Waals surface area contributed by atoms with Crippen LogP contribution in [0.5, 0.6) is 0 Å². The normalized spacial score (nSPS) is 15.4. The van der Waals surface area contributed by atoms with Crippen molar-refractivity contribution >= 4 is 24.9 Å². The van der Waals surface area contributed by atoms with Crippen molar-refractivity contribution in [1.82, 2.24) is 4.90 Å². The molecule has 0 unspecified atom stereocenters. The maximum atomic E-state index is 12.4. The maximum absolute atomic E-state index is 12.4. The third-order valence-electron chi connectivity index (χ3n) is 4.97. The SMILES string of the molecule is NCc1cccc(C2CCN(C(=O)C=Cc3ccc([B]O)cc3)CC2)c1. The summed E-state index contributed by atoms with van der Waals surface area (Å²) in [6, 6.07) is 15.8. The van der Waals surface area contributed by atoms with Crippen molar-refractivity contribution in [2.75, 3.05) is 13.1 Å². The predicted molar refractivity (Wildman–Crippen MR) is 106 cm³/mol. The Morgan fingerprint density at radius 3 is 2.58 bits per heavy atom. The molecule has 0 bridgehead atoms. The summed E-state index contributed by atoms with van der Waals surface area (Å²) in [5.74, 6) is 0.550. The molecule has 0 spiro atoms. The average Bonchev–Trinajstić information content (AvgIpc) is 2.72. The van der Waals surface area contributed by atoms with Crippen molar-refractivity contribution in [3.8, 4) is 0 Å². The Morgan fingerprint density at radius 1 is 1.19 bits per heavy atom. The van der Waals surface area contributed by atoms with Crippen molar-refractivity contribution in [3.63, 3.8) is 0 Å². The number of likely N-dealkylation sites (tertiary alicyclic amines) is 1. The van der Waals surface area contributed by atoms with E-state index in [1.54, 1.807) is 6.08 Å². The number of carbonyl (C=O) groups is 1. The van der Waals surface area contributed by atoms with E-state index >= 15 is 0 Å². The lowest BCUT2D eigenvalue weighted by atomic mass is 9.88. The highest BCUT2D eigenvalue weighted by Gasteiger charge is 2.22. The van der Waals surface area contributed by atoms with Crippen LogP contribution in [0.4, 0.5) is 0 Å². The summed E-state index contributed by atoms with van der Waals surface area (Å²) in [7, 11) is 1.06. The first-order chi connectivity index (χ1) is 12.7. The van der Waals surface area contributed by atoms with Gasteiger partial charge in [0.05, 0.1) is 0 Å². The lowest BCUT2D eigenvalue weighted by Crippen LogP contribution is -2.36. The van der Waals surface area contributed by atoms with Crippen LogP contribution in [-0.2, 0) is 11.3 Å². The zero-order chi connectivity index (χ0) is 18.4. The molecule has 2 aromatic carbocycles. The zero-order valence-corrected chi connectivity index (χ0v) is 14.8. The van der Waals surface area contributed by atoms with Gasteiger partial charge in [0.1, 0.15) is 0 Å². The second kappa shape index (κ2) is 8.83. The van der Waals surface area contributed by atoms with E-state index in [2.05, 4.69) is 24.3 Å². The first-order valence-electron chi connectivity index (χ1n) is 9.03. The van der Waals surface area contributed by atoms with Crippen LogP contribution in [0.3, 0.4) is 0 Å². The molecule has 5 heteroatoms. The van der Waals surface area contributed by atoms with Gasteiger partial charge in [-0.15, -0.1) is 0 Å². The molecule has 1 aliphatic heterocycles. The topological polar surface area (TPSA) is 66.6 Å². The molecule has 1 amide bonds. The number of piperidine rings is 1. The Kier molecular flexibility index (Phi) is 6.26. The van der Waals surface area contributed by atoms with E-state index in [0.29, 0.717) is 12.5 Å². The molecule has 1 heterocycles. The highest BCUT2D eigenvalue weighted by Crippen LogP contribution is 2.28. The van der Waals surface area contributed by atoms with E-state index < -0.39 is 0 Å². The van der Waals surface area contributed by atoms with E-state index in [4.69, 9.17) is 10.8 Å². The fraction of sp³-hybridized carbons (Fsp3) is 0.286. The van der Waals surface area contributed by atoms with Gasteiger partial charge in [-0.25, -0.2) is 0 Å². The van der Waals surface area contributed by atoms with Crippen molar-refractivity contribution in [2.24, 2.45) is 5.73 Å². The summed E-state index contributed by atoms with van der Waals surface area (Å²) in [6.07, 6.45) is 5.41. The van der Waals surface area contributed by atoms with Crippen LogP contribution in [0, 0.1) is 0 Å². The van der Waals surface area contributed by atoms with Crippen LogP contribution in [0.15, 0.2) is 54.6 Å². The van der Waals surface area contributed by atoms with Crippen molar-refractivity contribution in [1.29, 1.82) is 0 Å². The van der Waals surface area contributed by atoms with Gasteiger partial charge in [0.2, 0.25) is 5.91 Å². The molecule has 3 rings (SSSR count). The first kappa shape index (κ1) is 18.4. The van der Waals surface area contributed by atoms with E-state index in [1.807, 2.05) is 35.2 Å². The van der Waals surface area contributed by atoms with Crippen LogP contribution in [0.25, 0.3) is 6.08 Å². The number of benzene rings is 2. The number of amides is 1. The maximum Gasteiger partial charge on any atom is 0.326 e. The Hall–Kier alpha value is -2.37. The predicted octanol–water partition coefficient (Wildman–Crippen LogP) is 1.80. The molecule has 0 aliphatic carbocycles. The molecule has 133 valence electrons. The van der Waals surface area contributed by atoms with Crippen LogP contribution < -0.4 is 11.2 Å². The van der Waals surface area contributed by atoms with Gasteiger partial charge in [0, 0.05) is 25.7 Å². The number of nitrogens with two attached hydrogens (primary N) is 1. The van der Waals surface area contributed by atoms with Crippen LogP contribution in [0.1, 0.15) is 35.4 Å². The molecule has 26 heavy (non-hydrogen) atoms. The number of hydrogen-bond acceptors (Lipinski definition) is 3. The zero-order valence-electron chi connectivity index (χ0n) is 14.8. The average molecular weight is 347 g/mol. The van der Waals surface area contributed by atoms with Crippen LogP contribution in [0.2, 0.25) is 0 Å². The third kappa shape index (κ3) is 4.62. The quantitative estimate of drug-likeness (QED) is 0.640. The standard InChI is InChI=1S/C21H24BN2O2/c23-15-17-2-1-3-19(14-17)18-10-12-24(13-11-18)21(25)9-6-16-4-7-20(22-26)8-5-16/h1-9,14,18,26H,10-13,15,23H2. The third-order valence-corrected chi connectivity index (χ3v) is 4.97. The van der Waals surface area contributed by atoms with Gasteiger partial charge in [-0.1, -0.05) is 54.0 Å². The second-order valence-corrected chi connectivity index (χ2v) is 6.68. The molecular formula is C21H24BN2O2. The van der Waals surface area contributed by atoms with E-state index in [1.165, 1.54) is 5.56 Å². The molecule has 1 saturated heterocycles. The Bertz CT molecular complexity index is 766. The minimum Gasteiger partial charge on any atom is -0.450 e. The van der Waals surface area contributed by atoms with E-state index in [9.17, 15) is 4.79 Å². The minimum absolute atomic E-state index is 0.0527. The summed E-state index contributed by atoms with van der Waals surface area (Å²) < 4.78 is 0. The van der Waals surface area contributed by atoms with Crippen LogP contribution >= 0.6 is 0 Å². The van der Waals surface area contributed by atoms with Gasteiger partial charge < -0.3 is 15.7 Å². The molecule has 0 saturated carbocycles. The molecule has 2 aromatic rings. The highest BCUT2D eigenvalue weighted by molar-refractivity contribution is 6.45. The fourth-order valence-corrected chi connectivity index (χ4v) is 3.37. The molecule has 0 atom stereocenters. The molecule has 1 aliphatic rings. The molecule has 1 fully saturated rings. The fourth-order valence-electron chi connectivity index (χ4n) is 3.37. The lowest BCUT2D eigenvalue weighted by molar-refractivity contribution is -0.126. The van der Waals surface area contributed by atoms with Crippen molar-refractivity contribution in [3.05, 3.63) is 71.3 Å². The van der Waals surface area contributed by atoms with Gasteiger partial charge in [0.25, 0.3) is 0 Å². The van der Waals surface area contributed by atoms with Crippen molar-refractivity contribution < 1.29 is 9.82 Å². The Labute approximate surface area is 155 Å². The van der Waals surface area contributed by atoms with Crippen molar-refractivity contribution in [2.45, 2.75) is 25.3 Å². The second-order valence-electron chi connectivity index (χ2n) is 6.68. The summed E-state index contributed by atoms with van der Waals surface area (Å²) in [6.45, 7) is 2.12. The Balaban J connectivity index is 1.55. The first-order valence-corrected chi connectivity index (χ1v) is 9.03. The van der Waals surface area contributed by atoms with E-state index in [-0.39, 0.29) is 5.91 Å². The molecule has 4 nitrogen and oxygen atoms in total. The van der Waals surface area contributed by atoms with Gasteiger partial charge in [-0.05, 0) is 41.5 Å². The number of carbonyl (C=O) groups excluding carboxylic acids is 1. The van der Waals surface area contributed by atoms with Gasteiger partial charge in [-0.2, -0.15) is 0 Å². The number of rotatable bonds is 5. The summed E-state index contributed by atoms with van der Waals surface area (Å²) in [5, 5.41) is 8.94. The largest absolute Gasteiger partial charge is 0.450 e. The van der Waals surface area contributed by atoms with Gasteiger partial charge in [0.15, 0.2) is 0 Å². The molecular weight excluding hydrogens is 323 g/mol. The number of nitrogens with zero attached hydrogens (tertiary/aromatic N) is 1. The summed E-state index contributed by atoms with van der Waals surface area (Å²) in [5.41, 5.74) is 9.91. The van der Waals surface area contributed by atoms with Crippen LogP contribution in [-0.4, -0.2) is 36.4 Å². The molecule has 1 radical (unpaired) electrons. The molecule has 3 N–H and O–H groups in total. The monoisotopic (exact) mass is 347 g/mol. The van der Waals surface area contributed by atoms with Gasteiger partial charge in [-0.3, -0.25) is 4.79 Å². The number of hydrogen-bond donors (Lipinski definition) is 2. The Morgan fingerprint density at radius 2 is 1.92 bits per heavy atom. The smallest absolute Gasteiger partial charge is 0.326 e. The van der Waals surface area contributed by atoms with E-state index in [0.717, 1.165) is 50.0 Å². The highest BCUT2D eigenvalue weighted by atomic mass is 16.2. The van der Waals surface area contributed by atoms with Gasteiger partial charge >= 0.3 is 7.48 Å². The molecule has 0 aromatic heterocycles. The summed E-state index contributed by atoms with van der Waals surface area (Å²) >= 11 is 0. The summed E-state index contributed by atoms with van der Waals surface area (Å²) in [4.78, 5) is 14.3. The minimum atomic E-state index is 0.0527. The lowest BCUT2D eigenvalue weighted by Gasteiger charge is -2.31.